The molecule has 1 atom stereocenters. The molecule has 2 saturated heterocycles. The van der Waals surface area contributed by atoms with Crippen LogP contribution in [0.4, 0.5) is 0 Å². The van der Waals surface area contributed by atoms with E-state index in [0.717, 1.165) is 69.8 Å². The molecule has 0 aliphatic carbocycles. The molecule has 1 amide bonds. The minimum atomic E-state index is 0.102. The summed E-state index contributed by atoms with van der Waals surface area (Å²) in [5, 5.41) is 0. The summed E-state index contributed by atoms with van der Waals surface area (Å²) in [6.07, 6.45) is 5.08. The molecule has 0 N–H and O–H groups in total. The number of aryl methyl sites for hydroxylation is 1. The molecule has 1 aromatic rings. The van der Waals surface area contributed by atoms with E-state index in [-0.39, 0.29) is 11.5 Å². The van der Waals surface area contributed by atoms with E-state index in [4.69, 9.17) is 0 Å². The van der Waals surface area contributed by atoms with Gasteiger partial charge in [0.1, 0.15) is 0 Å². The molecule has 1 aromatic heterocycles. The summed E-state index contributed by atoms with van der Waals surface area (Å²) in [5.74, 6) is 1.37. The molecule has 25 heavy (non-hydrogen) atoms. The van der Waals surface area contributed by atoms with Crippen molar-refractivity contribution in [3.05, 3.63) is 27.9 Å². The van der Waals surface area contributed by atoms with E-state index >= 15 is 0 Å². The highest BCUT2D eigenvalue weighted by atomic mass is 16.2. The predicted molar refractivity (Wildman–Crippen MR) is 97.5 cm³/mol. The van der Waals surface area contributed by atoms with Crippen LogP contribution in [0.1, 0.15) is 37.4 Å². The molecule has 0 bridgehead atoms. The number of carbonyl (C=O) groups excluding carboxylic acids is 1. The number of amides is 1. The number of rotatable bonds is 4. The largest absolute Gasteiger partial charge is 0.343 e. The van der Waals surface area contributed by atoms with Gasteiger partial charge in [0.05, 0.1) is 6.33 Å². The summed E-state index contributed by atoms with van der Waals surface area (Å²) in [6, 6.07) is 0. The number of piperidine rings is 1. The summed E-state index contributed by atoms with van der Waals surface area (Å²) in [7, 11) is 0. The van der Waals surface area contributed by atoms with Crippen LogP contribution in [0.2, 0.25) is 0 Å². The van der Waals surface area contributed by atoms with Gasteiger partial charge in [0.25, 0.3) is 5.56 Å². The van der Waals surface area contributed by atoms with Gasteiger partial charge in [-0.1, -0.05) is 0 Å². The summed E-state index contributed by atoms with van der Waals surface area (Å²) in [5.41, 5.74) is 1.69. The molecule has 1 unspecified atom stereocenters. The summed E-state index contributed by atoms with van der Waals surface area (Å²) < 4.78 is 1.78. The standard InChI is InChI=1S/C19H30N4O2/c1-14-15(2)20-13-23(19(14)25)11-17-4-7-21(8-5-17)10-18-6-9-22(12-18)16(3)24/h13,17-18H,4-12H2,1-3H3. The molecule has 0 radical (unpaired) electrons. The summed E-state index contributed by atoms with van der Waals surface area (Å²) in [4.78, 5) is 32.6. The first kappa shape index (κ1) is 18.1. The Morgan fingerprint density at radius 1 is 1.12 bits per heavy atom. The van der Waals surface area contributed by atoms with Gasteiger partial charge < -0.3 is 9.80 Å². The number of hydrogen-bond acceptors (Lipinski definition) is 4. The molecule has 2 fully saturated rings. The van der Waals surface area contributed by atoms with Gasteiger partial charge in [-0.05, 0) is 58.0 Å². The van der Waals surface area contributed by atoms with Crippen LogP contribution in [0.5, 0.6) is 0 Å². The van der Waals surface area contributed by atoms with Crippen molar-refractivity contribution in [2.75, 3.05) is 32.7 Å². The van der Waals surface area contributed by atoms with E-state index < -0.39 is 0 Å². The monoisotopic (exact) mass is 346 g/mol. The smallest absolute Gasteiger partial charge is 0.256 e. The van der Waals surface area contributed by atoms with Gasteiger partial charge in [-0.15, -0.1) is 0 Å². The average molecular weight is 346 g/mol. The van der Waals surface area contributed by atoms with Crippen LogP contribution < -0.4 is 5.56 Å². The molecule has 2 aliphatic heterocycles. The maximum atomic E-state index is 12.3. The van der Waals surface area contributed by atoms with Crippen LogP contribution in [0, 0.1) is 25.7 Å². The first-order valence-corrected chi connectivity index (χ1v) is 9.44. The molecular weight excluding hydrogens is 316 g/mol. The van der Waals surface area contributed by atoms with Crippen LogP contribution in [0.15, 0.2) is 11.1 Å². The van der Waals surface area contributed by atoms with Crippen LogP contribution >= 0.6 is 0 Å². The number of aromatic nitrogens is 2. The lowest BCUT2D eigenvalue weighted by Gasteiger charge is -2.33. The molecule has 138 valence electrons. The highest BCUT2D eigenvalue weighted by Gasteiger charge is 2.28. The van der Waals surface area contributed by atoms with Gasteiger partial charge in [0, 0.05) is 44.4 Å². The lowest BCUT2D eigenvalue weighted by atomic mass is 9.95. The zero-order chi connectivity index (χ0) is 18.0. The predicted octanol–water partition coefficient (Wildman–Crippen LogP) is 1.44. The number of nitrogens with zero attached hydrogens (tertiary/aromatic N) is 4. The molecule has 0 saturated carbocycles. The lowest BCUT2D eigenvalue weighted by Crippen LogP contribution is -2.39. The van der Waals surface area contributed by atoms with Crippen LogP contribution in [0.25, 0.3) is 0 Å². The van der Waals surface area contributed by atoms with Crippen LogP contribution in [-0.4, -0.2) is 58.0 Å². The maximum Gasteiger partial charge on any atom is 0.256 e. The third kappa shape index (κ3) is 4.29. The maximum absolute atomic E-state index is 12.3. The number of likely N-dealkylation sites (tertiary alicyclic amines) is 2. The van der Waals surface area contributed by atoms with E-state index in [9.17, 15) is 9.59 Å². The Morgan fingerprint density at radius 3 is 2.44 bits per heavy atom. The molecule has 3 heterocycles. The normalized spacial score (nSPS) is 22.5. The molecule has 6 heteroatoms. The SMILES string of the molecule is CC(=O)N1CCC(CN2CCC(Cn3cnc(C)c(C)c3=O)CC2)C1. The Balaban J connectivity index is 1.47. The number of carbonyl (C=O) groups is 1. The quantitative estimate of drug-likeness (QED) is 0.828. The Bertz CT molecular complexity index is 676. The Morgan fingerprint density at radius 2 is 1.80 bits per heavy atom. The van der Waals surface area contributed by atoms with Gasteiger partial charge in [-0.25, -0.2) is 4.98 Å². The molecule has 3 rings (SSSR count). The first-order chi connectivity index (χ1) is 11.9. The Labute approximate surface area is 149 Å². The fourth-order valence-corrected chi connectivity index (χ4v) is 4.07. The van der Waals surface area contributed by atoms with Gasteiger partial charge in [0.15, 0.2) is 0 Å². The van der Waals surface area contributed by atoms with Crippen molar-refractivity contribution in [3.63, 3.8) is 0 Å². The average Bonchev–Trinajstić information content (AvgIpc) is 3.06. The second kappa shape index (κ2) is 7.68. The Kier molecular flexibility index (Phi) is 5.57. The van der Waals surface area contributed by atoms with Crippen molar-refractivity contribution in [2.45, 2.75) is 46.6 Å². The molecule has 0 spiro atoms. The van der Waals surface area contributed by atoms with Gasteiger partial charge in [0.2, 0.25) is 5.91 Å². The zero-order valence-corrected chi connectivity index (χ0v) is 15.7. The molecule has 0 aromatic carbocycles. The topological polar surface area (TPSA) is 58.4 Å². The van der Waals surface area contributed by atoms with Crippen molar-refractivity contribution < 1.29 is 4.79 Å². The first-order valence-electron chi connectivity index (χ1n) is 9.44. The van der Waals surface area contributed by atoms with Crippen molar-refractivity contribution in [1.82, 2.24) is 19.4 Å². The van der Waals surface area contributed by atoms with E-state index in [2.05, 4.69) is 9.88 Å². The van der Waals surface area contributed by atoms with Crippen LogP contribution in [0.3, 0.4) is 0 Å². The summed E-state index contributed by atoms with van der Waals surface area (Å²) >= 11 is 0. The van der Waals surface area contributed by atoms with Crippen LogP contribution in [-0.2, 0) is 11.3 Å². The highest BCUT2D eigenvalue weighted by Crippen LogP contribution is 2.23. The third-order valence-corrected chi connectivity index (χ3v) is 5.92. The van der Waals surface area contributed by atoms with E-state index in [0.29, 0.717) is 11.8 Å². The summed E-state index contributed by atoms with van der Waals surface area (Å²) in [6.45, 7) is 11.3. The van der Waals surface area contributed by atoms with E-state index in [1.54, 1.807) is 17.8 Å². The van der Waals surface area contributed by atoms with E-state index in [1.807, 2.05) is 18.7 Å². The highest BCUT2D eigenvalue weighted by molar-refractivity contribution is 5.73. The zero-order valence-electron chi connectivity index (χ0n) is 15.7. The second-order valence-corrected chi connectivity index (χ2v) is 7.78. The number of hydrogen-bond donors (Lipinski definition) is 0. The van der Waals surface area contributed by atoms with Gasteiger partial charge >= 0.3 is 0 Å². The third-order valence-electron chi connectivity index (χ3n) is 5.92. The van der Waals surface area contributed by atoms with Crippen molar-refractivity contribution in [2.24, 2.45) is 11.8 Å². The van der Waals surface area contributed by atoms with Crippen molar-refractivity contribution >= 4 is 5.91 Å². The van der Waals surface area contributed by atoms with E-state index in [1.165, 1.54) is 0 Å². The molecule has 6 nitrogen and oxygen atoms in total. The Hall–Kier alpha value is -1.69. The van der Waals surface area contributed by atoms with Gasteiger partial charge in [-0.2, -0.15) is 0 Å². The fraction of sp³-hybridized carbons (Fsp3) is 0.737. The lowest BCUT2D eigenvalue weighted by molar-refractivity contribution is -0.127. The van der Waals surface area contributed by atoms with Crippen molar-refractivity contribution in [3.8, 4) is 0 Å². The molecule has 2 aliphatic rings. The molecular formula is C19H30N4O2. The second-order valence-electron chi connectivity index (χ2n) is 7.78. The fourth-order valence-electron chi connectivity index (χ4n) is 4.07. The minimum absolute atomic E-state index is 0.102. The minimum Gasteiger partial charge on any atom is -0.343 e. The van der Waals surface area contributed by atoms with Crippen molar-refractivity contribution in [1.29, 1.82) is 0 Å². The van der Waals surface area contributed by atoms with Gasteiger partial charge in [-0.3, -0.25) is 14.2 Å².